The number of amides is 1. The van der Waals surface area contributed by atoms with Gasteiger partial charge in [-0.05, 0) is 31.2 Å². The monoisotopic (exact) mass is 327 g/mol. The van der Waals surface area contributed by atoms with Gasteiger partial charge in [0.25, 0.3) is 0 Å². The average molecular weight is 328 g/mol. The van der Waals surface area contributed by atoms with Gasteiger partial charge in [0.2, 0.25) is 5.91 Å². The summed E-state index contributed by atoms with van der Waals surface area (Å²) in [6.07, 6.45) is 0. The first kappa shape index (κ1) is 16.1. The molecule has 1 aromatic carbocycles. The minimum atomic E-state index is -0.0502. The van der Waals surface area contributed by atoms with Gasteiger partial charge < -0.3 is 11.1 Å². The van der Waals surface area contributed by atoms with Crippen LogP contribution in [0.5, 0.6) is 0 Å². The molecule has 106 valence electrons. The van der Waals surface area contributed by atoms with Gasteiger partial charge in [0.1, 0.15) is 0 Å². The quantitative estimate of drug-likeness (QED) is 0.839. The predicted molar refractivity (Wildman–Crippen MR) is 81.8 cm³/mol. The standard InChI is InChI=1S/C14H22BrN3O/c1-4-18(9-13(19)17-3)14(10(2)16)11-5-7-12(15)8-6-11/h5-8,10,14H,4,9,16H2,1-3H3,(H,17,19). The molecule has 0 aliphatic rings. The van der Waals surface area contributed by atoms with E-state index in [0.717, 1.165) is 16.6 Å². The Morgan fingerprint density at radius 3 is 2.42 bits per heavy atom. The normalized spacial score (nSPS) is 14.2. The number of halogens is 1. The first-order valence-corrected chi connectivity index (χ1v) is 7.24. The van der Waals surface area contributed by atoms with Gasteiger partial charge in [0.05, 0.1) is 12.6 Å². The maximum atomic E-state index is 11.6. The summed E-state index contributed by atoms with van der Waals surface area (Å²) in [5.41, 5.74) is 7.24. The summed E-state index contributed by atoms with van der Waals surface area (Å²) in [5.74, 6) is 0.00427. The molecule has 0 aliphatic carbocycles. The number of carbonyl (C=O) groups excluding carboxylic acids is 1. The Morgan fingerprint density at radius 2 is 2.00 bits per heavy atom. The molecular formula is C14H22BrN3O. The van der Waals surface area contributed by atoms with Crippen LogP contribution in [0.15, 0.2) is 28.7 Å². The Kier molecular flexibility index (Phi) is 6.48. The average Bonchev–Trinajstić information content (AvgIpc) is 2.39. The highest BCUT2D eigenvalue weighted by Crippen LogP contribution is 2.24. The fourth-order valence-electron chi connectivity index (χ4n) is 2.18. The molecule has 19 heavy (non-hydrogen) atoms. The van der Waals surface area contributed by atoms with Gasteiger partial charge >= 0.3 is 0 Å². The van der Waals surface area contributed by atoms with E-state index in [1.807, 2.05) is 38.1 Å². The number of benzene rings is 1. The van der Waals surface area contributed by atoms with Crippen LogP contribution >= 0.6 is 15.9 Å². The first-order chi connectivity index (χ1) is 8.99. The lowest BCUT2D eigenvalue weighted by molar-refractivity contribution is -0.122. The molecule has 0 radical (unpaired) electrons. The molecule has 1 aromatic rings. The number of nitrogens with two attached hydrogens (primary N) is 1. The van der Waals surface area contributed by atoms with E-state index in [-0.39, 0.29) is 18.0 Å². The number of nitrogens with one attached hydrogen (secondary N) is 1. The van der Waals surface area contributed by atoms with Crippen molar-refractivity contribution in [1.82, 2.24) is 10.2 Å². The lowest BCUT2D eigenvalue weighted by Gasteiger charge is -2.33. The van der Waals surface area contributed by atoms with E-state index >= 15 is 0 Å². The zero-order chi connectivity index (χ0) is 14.4. The molecule has 2 atom stereocenters. The van der Waals surface area contributed by atoms with Gasteiger partial charge in [-0.25, -0.2) is 0 Å². The molecule has 0 saturated heterocycles. The summed E-state index contributed by atoms with van der Waals surface area (Å²) in [4.78, 5) is 13.7. The van der Waals surface area contributed by atoms with Crippen molar-refractivity contribution in [1.29, 1.82) is 0 Å². The molecule has 0 saturated carbocycles. The molecule has 0 bridgehead atoms. The molecule has 2 unspecified atom stereocenters. The lowest BCUT2D eigenvalue weighted by Crippen LogP contribution is -2.44. The van der Waals surface area contributed by atoms with Gasteiger partial charge in [-0.15, -0.1) is 0 Å². The van der Waals surface area contributed by atoms with Crippen LogP contribution in [-0.2, 0) is 4.79 Å². The zero-order valence-electron chi connectivity index (χ0n) is 11.7. The molecule has 0 aliphatic heterocycles. The van der Waals surface area contributed by atoms with Crippen molar-refractivity contribution in [2.45, 2.75) is 25.9 Å². The smallest absolute Gasteiger partial charge is 0.233 e. The second-order valence-electron chi connectivity index (χ2n) is 4.59. The van der Waals surface area contributed by atoms with Crippen LogP contribution in [0.4, 0.5) is 0 Å². The molecule has 0 spiro atoms. The first-order valence-electron chi connectivity index (χ1n) is 6.45. The Bertz CT molecular complexity index is 406. The van der Waals surface area contributed by atoms with Crippen molar-refractivity contribution >= 4 is 21.8 Å². The van der Waals surface area contributed by atoms with Crippen LogP contribution in [0.25, 0.3) is 0 Å². The molecule has 0 heterocycles. The van der Waals surface area contributed by atoms with Crippen LogP contribution in [0, 0.1) is 0 Å². The summed E-state index contributed by atoms with van der Waals surface area (Å²) in [5, 5.41) is 2.66. The van der Waals surface area contributed by atoms with Gasteiger partial charge in [0, 0.05) is 17.6 Å². The van der Waals surface area contributed by atoms with E-state index in [2.05, 4.69) is 26.1 Å². The lowest BCUT2D eigenvalue weighted by atomic mass is 9.99. The SMILES string of the molecule is CCN(CC(=O)NC)C(c1ccc(Br)cc1)C(C)N. The van der Waals surface area contributed by atoms with Crippen LogP contribution in [0.1, 0.15) is 25.5 Å². The van der Waals surface area contributed by atoms with Crippen molar-refractivity contribution in [3.63, 3.8) is 0 Å². The highest BCUT2D eigenvalue weighted by molar-refractivity contribution is 9.10. The molecule has 4 nitrogen and oxygen atoms in total. The molecule has 0 fully saturated rings. The maximum Gasteiger partial charge on any atom is 0.233 e. The largest absolute Gasteiger partial charge is 0.358 e. The molecule has 1 amide bonds. The second-order valence-corrected chi connectivity index (χ2v) is 5.51. The second kappa shape index (κ2) is 7.62. The number of carbonyl (C=O) groups is 1. The number of nitrogens with zero attached hydrogens (tertiary/aromatic N) is 1. The third-order valence-corrected chi connectivity index (χ3v) is 3.66. The minimum Gasteiger partial charge on any atom is -0.358 e. The summed E-state index contributed by atoms with van der Waals surface area (Å²) in [6, 6.07) is 8.08. The molecule has 1 rings (SSSR count). The number of hydrogen-bond acceptors (Lipinski definition) is 3. The number of likely N-dealkylation sites (N-methyl/N-ethyl adjacent to an activating group) is 2. The van der Waals surface area contributed by atoms with Gasteiger partial charge in [0.15, 0.2) is 0 Å². The van der Waals surface area contributed by atoms with Gasteiger partial charge in [-0.2, -0.15) is 0 Å². The Hall–Kier alpha value is -0.910. The highest BCUT2D eigenvalue weighted by atomic mass is 79.9. The predicted octanol–water partition coefficient (Wildman–Crippen LogP) is 1.91. The van der Waals surface area contributed by atoms with E-state index in [4.69, 9.17) is 5.73 Å². The van der Waals surface area contributed by atoms with Crippen LogP contribution in [-0.4, -0.2) is 37.0 Å². The number of hydrogen-bond donors (Lipinski definition) is 2. The maximum absolute atomic E-state index is 11.6. The Balaban J connectivity index is 2.97. The minimum absolute atomic E-state index is 0.00427. The van der Waals surface area contributed by atoms with E-state index in [1.54, 1.807) is 7.05 Å². The summed E-state index contributed by atoms with van der Waals surface area (Å²) in [6.45, 7) is 5.14. The van der Waals surface area contributed by atoms with Crippen LogP contribution in [0.2, 0.25) is 0 Å². The summed E-state index contributed by atoms with van der Waals surface area (Å²) in [7, 11) is 1.65. The Morgan fingerprint density at radius 1 is 1.42 bits per heavy atom. The van der Waals surface area contributed by atoms with E-state index < -0.39 is 0 Å². The van der Waals surface area contributed by atoms with E-state index in [1.165, 1.54) is 0 Å². The number of rotatable bonds is 6. The van der Waals surface area contributed by atoms with Crippen molar-refractivity contribution < 1.29 is 4.79 Å². The van der Waals surface area contributed by atoms with E-state index in [0.29, 0.717) is 6.54 Å². The molecule has 0 aromatic heterocycles. The third kappa shape index (κ3) is 4.60. The van der Waals surface area contributed by atoms with E-state index in [9.17, 15) is 4.79 Å². The molecular weight excluding hydrogens is 306 g/mol. The van der Waals surface area contributed by atoms with Crippen molar-refractivity contribution in [2.75, 3.05) is 20.1 Å². The van der Waals surface area contributed by atoms with Crippen LogP contribution in [0.3, 0.4) is 0 Å². The van der Waals surface area contributed by atoms with Crippen molar-refractivity contribution in [2.24, 2.45) is 5.73 Å². The third-order valence-electron chi connectivity index (χ3n) is 3.13. The van der Waals surface area contributed by atoms with Crippen molar-refractivity contribution in [3.8, 4) is 0 Å². The van der Waals surface area contributed by atoms with Gasteiger partial charge in [-0.1, -0.05) is 35.0 Å². The fourth-order valence-corrected chi connectivity index (χ4v) is 2.44. The Labute approximate surface area is 123 Å². The van der Waals surface area contributed by atoms with Crippen molar-refractivity contribution in [3.05, 3.63) is 34.3 Å². The highest BCUT2D eigenvalue weighted by Gasteiger charge is 2.24. The van der Waals surface area contributed by atoms with Gasteiger partial charge in [-0.3, -0.25) is 9.69 Å². The molecule has 5 heteroatoms. The summed E-state index contributed by atoms with van der Waals surface area (Å²) >= 11 is 3.43. The van der Waals surface area contributed by atoms with Crippen LogP contribution < -0.4 is 11.1 Å². The summed E-state index contributed by atoms with van der Waals surface area (Å²) < 4.78 is 1.04. The topological polar surface area (TPSA) is 58.4 Å². The fraction of sp³-hybridized carbons (Fsp3) is 0.500. The zero-order valence-corrected chi connectivity index (χ0v) is 13.3. The molecule has 3 N–H and O–H groups in total.